The average Bonchev–Trinajstić information content (AvgIpc) is 2.52. The predicted molar refractivity (Wildman–Crippen MR) is 90.3 cm³/mol. The maximum Gasteiger partial charge on any atom is 0.330 e. The summed E-state index contributed by atoms with van der Waals surface area (Å²) >= 11 is 0. The molecule has 0 atom stereocenters. The Morgan fingerprint density at radius 3 is 2.19 bits per heavy atom. The molecule has 1 aromatic rings. The molecule has 1 N–H and O–H groups in total. The third kappa shape index (κ3) is 9.63. The average molecular weight is 289 g/mol. The first-order valence-electron chi connectivity index (χ1n) is 7.36. The molecule has 1 rings (SSSR count). The minimum atomic E-state index is -0.875. The van der Waals surface area contributed by atoms with E-state index in [9.17, 15) is 4.79 Å². The van der Waals surface area contributed by atoms with E-state index in [1.54, 1.807) is 0 Å². The highest BCUT2D eigenvalue weighted by Crippen LogP contribution is 2.03. The van der Waals surface area contributed by atoms with Crippen LogP contribution in [0.2, 0.25) is 0 Å². The maximum atomic E-state index is 10.4. The van der Waals surface area contributed by atoms with Gasteiger partial charge in [-0.15, -0.1) is 0 Å². The SMILES string of the molecule is C=C(CCCN(CC)CC)C(=O)O.C=Cc1ccccc1. The Labute approximate surface area is 128 Å². The molecule has 0 aromatic heterocycles. The Hall–Kier alpha value is -1.87. The number of carboxylic acids is 1. The maximum absolute atomic E-state index is 10.4. The van der Waals surface area contributed by atoms with Gasteiger partial charge in [0.25, 0.3) is 0 Å². The van der Waals surface area contributed by atoms with E-state index >= 15 is 0 Å². The summed E-state index contributed by atoms with van der Waals surface area (Å²) in [7, 11) is 0. The van der Waals surface area contributed by atoms with Crippen LogP contribution in [0.25, 0.3) is 6.08 Å². The van der Waals surface area contributed by atoms with E-state index in [2.05, 4.69) is 31.9 Å². The van der Waals surface area contributed by atoms with Crippen LogP contribution in [0, 0.1) is 0 Å². The lowest BCUT2D eigenvalue weighted by molar-refractivity contribution is -0.132. The molecule has 0 aliphatic heterocycles. The number of hydrogen-bond donors (Lipinski definition) is 1. The summed E-state index contributed by atoms with van der Waals surface area (Å²) in [4.78, 5) is 12.7. The highest BCUT2D eigenvalue weighted by Gasteiger charge is 2.04. The molecule has 0 spiro atoms. The third-order valence-corrected chi connectivity index (χ3v) is 3.19. The lowest BCUT2D eigenvalue weighted by atomic mass is 10.1. The second-order valence-corrected chi connectivity index (χ2v) is 4.65. The van der Waals surface area contributed by atoms with Crippen molar-refractivity contribution in [1.82, 2.24) is 4.90 Å². The van der Waals surface area contributed by atoms with Crippen molar-refractivity contribution in [3.05, 3.63) is 54.6 Å². The zero-order valence-corrected chi connectivity index (χ0v) is 13.2. The van der Waals surface area contributed by atoms with Crippen molar-refractivity contribution < 1.29 is 9.90 Å². The van der Waals surface area contributed by atoms with Crippen molar-refractivity contribution in [1.29, 1.82) is 0 Å². The predicted octanol–water partition coefficient (Wildman–Crippen LogP) is 4.08. The van der Waals surface area contributed by atoms with Crippen LogP contribution >= 0.6 is 0 Å². The molecule has 0 radical (unpaired) electrons. The summed E-state index contributed by atoms with van der Waals surface area (Å²) in [6.45, 7) is 14.3. The van der Waals surface area contributed by atoms with Gasteiger partial charge in [0.2, 0.25) is 0 Å². The third-order valence-electron chi connectivity index (χ3n) is 3.19. The molecule has 116 valence electrons. The molecule has 3 heteroatoms. The van der Waals surface area contributed by atoms with E-state index in [0.29, 0.717) is 12.0 Å². The molecule has 0 aliphatic carbocycles. The van der Waals surface area contributed by atoms with E-state index in [4.69, 9.17) is 5.11 Å². The van der Waals surface area contributed by atoms with Gasteiger partial charge >= 0.3 is 5.97 Å². The fraction of sp³-hybridized carbons (Fsp3) is 0.389. The van der Waals surface area contributed by atoms with Crippen molar-refractivity contribution in [2.75, 3.05) is 19.6 Å². The Morgan fingerprint density at radius 2 is 1.81 bits per heavy atom. The van der Waals surface area contributed by atoms with Crippen molar-refractivity contribution in [2.24, 2.45) is 0 Å². The lowest BCUT2D eigenvalue weighted by Gasteiger charge is -2.17. The van der Waals surface area contributed by atoms with Crippen LogP contribution in [-0.4, -0.2) is 35.6 Å². The molecule has 0 bridgehead atoms. The zero-order valence-electron chi connectivity index (χ0n) is 13.2. The summed E-state index contributed by atoms with van der Waals surface area (Å²) in [5, 5.41) is 8.55. The van der Waals surface area contributed by atoms with Gasteiger partial charge in [-0.2, -0.15) is 0 Å². The number of nitrogens with zero attached hydrogens (tertiary/aromatic N) is 1. The molecule has 0 saturated heterocycles. The van der Waals surface area contributed by atoms with Crippen LogP contribution in [0.1, 0.15) is 32.3 Å². The fourth-order valence-electron chi connectivity index (χ4n) is 1.75. The summed E-state index contributed by atoms with van der Waals surface area (Å²) in [5.41, 5.74) is 1.49. The van der Waals surface area contributed by atoms with Crippen LogP contribution in [-0.2, 0) is 4.79 Å². The van der Waals surface area contributed by atoms with Crippen molar-refractivity contribution in [3.8, 4) is 0 Å². The molecule has 21 heavy (non-hydrogen) atoms. The number of benzene rings is 1. The van der Waals surface area contributed by atoms with Gasteiger partial charge < -0.3 is 10.0 Å². The van der Waals surface area contributed by atoms with Gasteiger partial charge in [0.15, 0.2) is 0 Å². The summed E-state index contributed by atoms with van der Waals surface area (Å²) in [6.07, 6.45) is 3.30. The monoisotopic (exact) mass is 289 g/mol. The fourth-order valence-corrected chi connectivity index (χ4v) is 1.75. The Bertz CT molecular complexity index is 422. The standard InChI is InChI=1S/C10H19NO2.C8H8/c1-4-11(5-2)8-6-7-9(3)10(12)13;1-2-8-6-4-3-5-7-8/h3-8H2,1-2H3,(H,12,13);2-7H,1H2. The van der Waals surface area contributed by atoms with Crippen LogP contribution in [0.3, 0.4) is 0 Å². The molecular formula is C18H27NO2. The second-order valence-electron chi connectivity index (χ2n) is 4.65. The number of hydrogen-bond acceptors (Lipinski definition) is 2. The van der Waals surface area contributed by atoms with Gasteiger partial charge in [-0.05, 0) is 38.0 Å². The van der Waals surface area contributed by atoms with Crippen molar-refractivity contribution in [2.45, 2.75) is 26.7 Å². The highest BCUT2D eigenvalue weighted by molar-refractivity contribution is 5.85. The summed E-state index contributed by atoms with van der Waals surface area (Å²) in [5.74, 6) is -0.875. The second kappa shape index (κ2) is 11.9. The first kappa shape index (κ1) is 19.1. The molecule has 0 amide bonds. The normalized spacial score (nSPS) is 9.67. The smallest absolute Gasteiger partial charge is 0.330 e. The van der Waals surface area contributed by atoms with E-state index in [0.717, 1.165) is 26.1 Å². The first-order chi connectivity index (χ1) is 10.0. The van der Waals surface area contributed by atoms with Gasteiger partial charge in [0.1, 0.15) is 0 Å². The van der Waals surface area contributed by atoms with Crippen LogP contribution in [0.15, 0.2) is 49.1 Å². The Morgan fingerprint density at radius 1 is 1.24 bits per heavy atom. The van der Waals surface area contributed by atoms with Gasteiger partial charge in [-0.25, -0.2) is 4.79 Å². The molecule has 0 fully saturated rings. The molecule has 0 saturated carbocycles. The quantitative estimate of drug-likeness (QED) is 0.733. The Balaban J connectivity index is 0.000000423. The van der Waals surface area contributed by atoms with E-state index in [1.807, 2.05) is 36.4 Å². The number of carboxylic acid groups (broad SMARTS) is 1. The van der Waals surface area contributed by atoms with Crippen LogP contribution in [0.4, 0.5) is 0 Å². The number of carbonyl (C=O) groups is 1. The van der Waals surface area contributed by atoms with Gasteiger partial charge in [-0.3, -0.25) is 0 Å². The van der Waals surface area contributed by atoms with E-state index in [1.165, 1.54) is 5.56 Å². The number of rotatable bonds is 8. The zero-order chi connectivity index (χ0) is 16.1. The topological polar surface area (TPSA) is 40.5 Å². The molecular weight excluding hydrogens is 262 g/mol. The van der Waals surface area contributed by atoms with Crippen molar-refractivity contribution in [3.63, 3.8) is 0 Å². The van der Waals surface area contributed by atoms with E-state index < -0.39 is 5.97 Å². The van der Waals surface area contributed by atoms with Crippen molar-refractivity contribution >= 4 is 12.0 Å². The van der Waals surface area contributed by atoms with Crippen LogP contribution < -0.4 is 0 Å². The Kier molecular flexibility index (Phi) is 10.9. The minimum absolute atomic E-state index is 0.312. The molecule has 0 unspecified atom stereocenters. The first-order valence-corrected chi connectivity index (χ1v) is 7.36. The van der Waals surface area contributed by atoms with E-state index in [-0.39, 0.29) is 0 Å². The molecule has 0 aliphatic rings. The summed E-state index contributed by atoms with van der Waals surface area (Å²) < 4.78 is 0. The lowest BCUT2D eigenvalue weighted by Crippen LogP contribution is -2.24. The largest absolute Gasteiger partial charge is 0.478 e. The van der Waals surface area contributed by atoms with Gasteiger partial charge in [0, 0.05) is 5.57 Å². The molecule has 1 aromatic carbocycles. The summed E-state index contributed by atoms with van der Waals surface area (Å²) in [6, 6.07) is 10.0. The van der Waals surface area contributed by atoms with Gasteiger partial charge in [0.05, 0.1) is 0 Å². The number of aliphatic carboxylic acids is 1. The molecule has 0 heterocycles. The highest BCUT2D eigenvalue weighted by atomic mass is 16.4. The van der Waals surface area contributed by atoms with Crippen LogP contribution in [0.5, 0.6) is 0 Å². The molecule has 3 nitrogen and oxygen atoms in total. The minimum Gasteiger partial charge on any atom is -0.478 e. The van der Waals surface area contributed by atoms with Gasteiger partial charge in [-0.1, -0.05) is 63.4 Å².